The van der Waals surface area contributed by atoms with Gasteiger partial charge in [0.2, 0.25) is 0 Å². The third-order valence-electron chi connectivity index (χ3n) is 3.90. The number of nitrogens with two attached hydrogens (primary N) is 1. The quantitative estimate of drug-likeness (QED) is 0.493. The highest BCUT2D eigenvalue weighted by molar-refractivity contribution is 7.21. The molecule has 2 aromatic heterocycles. The standard InChI is InChI=1S/C17H14ClN3O6S/c1-26-10-5-9(11(27-2)4-8(10)18)20-15(23)13-12(19)6-3-7(17(24)25)14(22)21-16(6)28-13/h3-5H,19H2,1-2H3,(H,20,23)(H,21,22)(H,24,25). The van der Waals surface area contributed by atoms with Gasteiger partial charge >= 0.3 is 5.97 Å². The summed E-state index contributed by atoms with van der Waals surface area (Å²) in [6.45, 7) is 0. The number of anilines is 2. The Labute approximate surface area is 166 Å². The van der Waals surface area contributed by atoms with Crippen LogP contribution in [-0.4, -0.2) is 36.2 Å². The summed E-state index contributed by atoms with van der Waals surface area (Å²) in [6, 6.07) is 4.12. The highest BCUT2D eigenvalue weighted by Crippen LogP contribution is 2.37. The number of rotatable bonds is 5. The monoisotopic (exact) mass is 423 g/mol. The molecule has 0 radical (unpaired) electrons. The van der Waals surface area contributed by atoms with Gasteiger partial charge in [0, 0.05) is 17.5 Å². The predicted molar refractivity (Wildman–Crippen MR) is 106 cm³/mol. The van der Waals surface area contributed by atoms with E-state index in [2.05, 4.69) is 10.3 Å². The van der Waals surface area contributed by atoms with Crippen LogP contribution < -0.4 is 26.1 Å². The largest absolute Gasteiger partial charge is 0.495 e. The summed E-state index contributed by atoms with van der Waals surface area (Å²) >= 11 is 6.98. The van der Waals surface area contributed by atoms with Gasteiger partial charge in [-0.1, -0.05) is 11.6 Å². The number of H-pyrrole nitrogens is 1. The van der Waals surface area contributed by atoms with Gasteiger partial charge in [0.05, 0.1) is 30.6 Å². The number of amides is 1. The maximum atomic E-state index is 12.7. The number of hydrogen-bond acceptors (Lipinski definition) is 7. The summed E-state index contributed by atoms with van der Waals surface area (Å²) in [5.74, 6) is -1.32. The summed E-state index contributed by atoms with van der Waals surface area (Å²) < 4.78 is 10.4. The number of aromatic amines is 1. The Morgan fingerprint density at radius 2 is 1.89 bits per heavy atom. The number of carboxylic acids is 1. The van der Waals surface area contributed by atoms with Crippen molar-refractivity contribution in [2.24, 2.45) is 0 Å². The molecule has 0 unspecified atom stereocenters. The fourth-order valence-corrected chi connectivity index (χ4v) is 3.76. The molecule has 0 fully saturated rings. The van der Waals surface area contributed by atoms with E-state index >= 15 is 0 Å². The zero-order valence-corrected chi connectivity index (χ0v) is 16.2. The number of pyridine rings is 1. The highest BCUT2D eigenvalue weighted by atomic mass is 35.5. The molecule has 9 nitrogen and oxygen atoms in total. The molecular weight excluding hydrogens is 410 g/mol. The number of hydrogen-bond donors (Lipinski definition) is 4. The van der Waals surface area contributed by atoms with Crippen molar-refractivity contribution < 1.29 is 24.2 Å². The second-order valence-corrected chi connectivity index (χ2v) is 6.97. The van der Waals surface area contributed by atoms with E-state index < -0.39 is 23.0 Å². The van der Waals surface area contributed by atoms with Gasteiger partial charge < -0.3 is 30.6 Å². The molecule has 0 aliphatic carbocycles. The number of aromatic nitrogens is 1. The Morgan fingerprint density at radius 3 is 2.50 bits per heavy atom. The third-order valence-corrected chi connectivity index (χ3v) is 5.33. The van der Waals surface area contributed by atoms with E-state index in [1.807, 2.05) is 0 Å². The van der Waals surface area contributed by atoms with E-state index in [4.69, 9.17) is 31.9 Å². The highest BCUT2D eigenvalue weighted by Gasteiger charge is 2.21. The summed E-state index contributed by atoms with van der Waals surface area (Å²) in [7, 11) is 2.85. The van der Waals surface area contributed by atoms with Crippen molar-refractivity contribution in [2.75, 3.05) is 25.3 Å². The number of methoxy groups -OCH3 is 2. The number of carbonyl (C=O) groups excluding carboxylic acids is 1. The Hall–Kier alpha value is -3.24. The van der Waals surface area contributed by atoms with Gasteiger partial charge in [-0.3, -0.25) is 9.59 Å². The molecular formula is C17H14ClN3O6S. The van der Waals surface area contributed by atoms with E-state index in [0.29, 0.717) is 27.0 Å². The fraction of sp³-hybridized carbons (Fsp3) is 0.118. The molecule has 28 heavy (non-hydrogen) atoms. The van der Waals surface area contributed by atoms with Crippen molar-refractivity contribution in [1.29, 1.82) is 0 Å². The number of aromatic carboxylic acids is 1. The van der Waals surface area contributed by atoms with Crippen molar-refractivity contribution in [3.63, 3.8) is 0 Å². The van der Waals surface area contributed by atoms with Crippen molar-refractivity contribution in [1.82, 2.24) is 4.98 Å². The number of carboxylic acid groups (broad SMARTS) is 1. The summed E-state index contributed by atoms with van der Waals surface area (Å²) in [4.78, 5) is 38.5. The number of halogens is 1. The van der Waals surface area contributed by atoms with Crippen LogP contribution in [0.1, 0.15) is 20.0 Å². The molecule has 3 aromatic rings. The van der Waals surface area contributed by atoms with E-state index in [-0.39, 0.29) is 16.0 Å². The first-order chi connectivity index (χ1) is 13.3. The van der Waals surface area contributed by atoms with Gasteiger partial charge in [-0.05, 0) is 6.07 Å². The Morgan fingerprint density at radius 1 is 1.21 bits per heavy atom. The van der Waals surface area contributed by atoms with E-state index in [9.17, 15) is 14.4 Å². The zero-order chi connectivity index (χ0) is 20.6. The van der Waals surface area contributed by atoms with Crippen LogP contribution in [-0.2, 0) is 0 Å². The molecule has 0 saturated heterocycles. The molecule has 3 rings (SSSR count). The first-order valence-corrected chi connectivity index (χ1v) is 8.87. The fourth-order valence-electron chi connectivity index (χ4n) is 2.54. The first kappa shape index (κ1) is 19.5. The van der Waals surface area contributed by atoms with E-state index in [0.717, 1.165) is 17.4 Å². The average molecular weight is 424 g/mol. The van der Waals surface area contributed by atoms with Gasteiger partial charge in [0.25, 0.3) is 11.5 Å². The summed E-state index contributed by atoms with van der Waals surface area (Å²) in [6.07, 6.45) is 0. The lowest BCUT2D eigenvalue weighted by Gasteiger charge is -2.13. The second kappa shape index (κ2) is 7.41. The number of nitrogen functional groups attached to an aromatic ring is 1. The van der Waals surface area contributed by atoms with E-state index in [1.54, 1.807) is 0 Å². The number of thiophene rings is 1. The number of benzene rings is 1. The van der Waals surface area contributed by atoms with Gasteiger partial charge in [-0.15, -0.1) is 11.3 Å². The maximum Gasteiger partial charge on any atom is 0.341 e. The molecule has 1 aromatic carbocycles. The topological polar surface area (TPSA) is 144 Å². The normalized spacial score (nSPS) is 10.7. The van der Waals surface area contributed by atoms with Crippen LogP contribution in [0.4, 0.5) is 11.4 Å². The minimum Gasteiger partial charge on any atom is -0.495 e. The maximum absolute atomic E-state index is 12.7. The minimum atomic E-state index is -1.39. The van der Waals surface area contributed by atoms with Crippen molar-refractivity contribution in [3.8, 4) is 11.5 Å². The Bertz CT molecular complexity index is 1170. The van der Waals surface area contributed by atoms with Crippen LogP contribution >= 0.6 is 22.9 Å². The lowest BCUT2D eigenvalue weighted by molar-refractivity contribution is 0.0695. The Kier molecular flexibility index (Phi) is 5.16. The number of carbonyl (C=O) groups is 2. The number of fused-ring (bicyclic) bond motifs is 1. The molecule has 2 heterocycles. The lowest BCUT2D eigenvalue weighted by atomic mass is 10.2. The summed E-state index contributed by atoms with van der Waals surface area (Å²) in [5.41, 5.74) is 5.12. The van der Waals surface area contributed by atoms with Crippen LogP contribution in [0.2, 0.25) is 5.02 Å². The van der Waals surface area contributed by atoms with Crippen LogP contribution in [0.5, 0.6) is 11.5 Å². The van der Waals surface area contributed by atoms with Crippen LogP contribution in [0.3, 0.4) is 0 Å². The smallest absolute Gasteiger partial charge is 0.341 e. The molecule has 0 spiro atoms. The molecule has 11 heteroatoms. The van der Waals surface area contributed by atoms with Crippen LogP contribution in [0, 0.1) is 0 Å². The molecule has 0 bridgehead atoms. The Balaban J connectivity index is 2.04. The molecule has 146 valence electrons. The SMILES string of the molecule is COc1cc(NC(=O)c2sc3[nH]c(=O)c(C(=O)O)cc3c2N)c(OC)cc1Cl. The van der Waals surface area contributed by atoms with Gasteiger partial charge in [0.15, 0.2) is 0 Å². The van der Waals surface area contributed by atoms with Gasteiger partial charge in [-0.2, -0.15) is 0 Å². The third kappa shape index (κ3) is 3.35. The number of ether oxygens (including phenoxy) is 2. The number of nitrogens with one attached hydrogen (secondary N) is 2. The summed E-state index contributed by atoms with van der Waals surface area (Å²) in [5, 5.41) is 12.3. The van der Waals surface area contributed by atoms with Crippen molar-refractivity contribution in [2.45, 2.75) is 0 Å². The van der Waals surface area contributed by atoms with Gasteiger partial charge in [-0.25, -0.2) is 4.79 Å². The molecule has 0 aliphatic heterocycles. The minimum absolute atomic E-state index is 0.0520. The molecule has 0 saturated carbocycles. The predicted octanol–water partition coefficient (Wildman–Crippen LogP) is 2.79. The molecule has 0 atom stereocenters. The van der Waals surface area contributed by atoms with E-state index in [1.165, 1.54) is 26.4 Å². The first-order valence-electron chi connectivity index (χ1n) is 7.68. The van der Waals surface area contributed by atoms with Gasteiger partial charge in [0.1, 0.15) is 26.8 Å². The van der Waals surface area contributed by atoms with Crippen molar-refractivity contribution >= 4 is 56.4 Å². The van der Waals surface area contributed by atoms with Crippen LogP contribution in [0.25, 0.3) is 10.2 Å². The second-order valence-electron chi connectivity index (χ2n) is 5.55. The molecule has 1 amide bonds. The zero-order valence-electron chi connectivity index (χ0n) is 14.6. The molecule has 5 N–H and O–H groups in total. The lowest BCUT2D eigenvalue weighted by Crippen LogP contribution is -2.16. The van der Waals surface area contributed by atoms with Crippen LogP contribution in [0.15, 0.2) is 23.0 Å². The average Bonchev–Trinajstić information content (AvgIpc) is 2.97. The molecule has 0 aliphatic rings. The van der Waals surface area contributed by atoms with Crippen molar-refractivity contribution in [3.05, 3.63) is 44.0 Å².